The summed E-state index contributed by atoms with van der Waals surface area (Å²) in [6.07, 6.45) is -2.99. The van der Waals surface area contributed by atoms with Crippen LogP contribution in [0, 0.1) is 13.8 Å². The Balaban J connectivity index is 0.00000288. The summed E-state index contributed by atoms with van der Waals surface area (Å²) in [7, 11) is 1.67. The number of carbonyl (C=O) groups is 1. The fourth-order valence-electron chi connectivity index (χ4n) is 2.59. The van der Waals surface area contributed by atoms with Gasteiger partial charge in [0, 0.05) is 13.6 Å². The molecule has 8 heteroatoms. The van der Waals surface area contributed by atoms with Gasteiger partial charge in [-0.2, -0.15) is 13.2 Å². The average Bonchev–Trinajstić information content (AvgIpc) is 3.14. The Morgan fingerprint density at radius 3 is 2.21 bits per heavy atom. The highest BCUT2D eigenvalue weighted by Gasteiger charge is 2.47. The molecule has 0 atom stereocenters. The number of rotatable bonds is 5. The lowest BCUT2D eigenvalue weighted by atomic mass is 10.0. The Morgan fingerprint density at radius 1 is 1.29 bits per heavy atom. The predicted octanol–water partition coefficient (Wildman–Crippen LogP) is 3.12. The number of ether oxygens (including phenoxy) is 1. The molecule has 1 aromatic rings. The maximum absolute atomic E-state index is 12.3. The normalized spacial score (nSPS) is 15.5. The van der Waals surface area contributed by atoms with Crippen molar-refractivity contribution in [3.8, 4) is 5.75 Å². The van der Waals surface area contributed by atoms with Crippen LogP contribution in [0.15, 0.2) is 12.1 Å². The van der Waals surface area contributed by atoms with Gasteiger partial charge in [-0.3, -0.25) is 4.79 Å². The molecule has 1 saturated carbocycles. The first kappa shape index (κ1) is 20.6. The quantitative estimate of drug-likeness (QED) is 0.871. The molecule has 0 radical (unpaired) electrons. The van der Waals surface area contributed by atoms with Crippen molar-refractivity contribution in [3.05, 3.63) is 28.8 Å². The Bertz CT molecular complexity index is 593. The first-order valence-electron chi connectivity index (χ1n) is 7.36. The zero-order valence-corrected chi connectivity index (χ0v) is 14.7. The van der Waals surface area contributed by atoms with Crippen LogP contribution in [0.1, 0.15) is 29.5 Å². The van der Waals surface area contributed by atoms with Crippen molar-refractivity contribution in [2.45, 2.75) is 44.9 Å². The highest BCUT2D eigenvalue weighted by molar-refractivity contribution is 5.88. The third kappa shape index (κ3) is 5.01. The number of aryl methyl sites for hydroxylation is 2. The highest BCUT2D eigenvalue weighted by Crippen LogP contribution is 2.34. The van der Waals surface area contributed by atoms with Crippen molar-refractivity contribution in [1.82, 2.24) is 4.90 Å². The van der Waals surface area contributed by atoms with Crippen molar-refractivity contribution < 1.29 is 22.7 Å². The number of amides is 1. The van der Waals surface area contributed by atoms with Crippen molar-refractivity contribution in [3.63, 3.8) is 0 Å². The molecule has 136 valence electrons. The molecular weight excluding hydrogens is 345 g/mol. The van der Waals surface area contributed by atoms with E-state index in [1.807, 2.05) is 0 Å². The Morgan fingerprint density at radius 2 is 1.79 bits per heavy atom. The lowest BCUT2D eigenvalue weighted by Gasteiger charge is -2.22. The second kappa shape index (κ2) is 7.19. The minimum Gasteiger partial charge on any atom is -0.484 e. The van der Waals surface area contributed by atoms with Crippen LogP contribution in [0.25, 0.3) is 0 Å². The van der Waals surface area contributed by atoms with Gasteiger partial charge in [0.25, 0.3) is 0 Å². The van der Waals surface area contributed by atoms with Crippen molar-refractivity contribution in [1.29, 1.82) is 0 Å². The van der Waals surface area contributed by atoms with Gasteiger partial charge < -0.3 is 15.4 Å². The van der Waals surface area contributed by atoms with Crippen LogP contribution in [0.5, 0.6) is 5.75 Å². The van der Waals surface area contributed by atoms with Gasteiger partial charge >= 0.3 is 6.18 Å². The Hall–Kier alpha value is -1.47. The summed E-state index contributed by atoms with van der Waals surface area (Å²) in [5.41, 5.74) is 7.22. The summed E-state index contributed by atoms with van der Waals surface area (Å²) >= 11 is 0. The molecule has 24 heavy (non-hydrogen) atoms. The predicted molar refractivity (Wildman–Crippen MR) is 87.3 cm³/mol. The maximum Gasteiger partial charge on any atom is 0.422 e. The molecule has 1 aromatic carbocycles. The van der Waals surface area contributed by atoms with Crippen LogP contribution in [-0.4, -0.2) is 36.2 Å². The molecule has 1 aliphatic rings. The summed E-state index contributed by atoms with van der Waals surface area (Å²) in [5.74, 6) is 0.128. The van der Waals surface area contributed by atoms with E-state index in [4.69, 9.17) is 10.5 Å². The van der Waals surface area contributed by atoms with Crippen molar-refractivity contribution >= 4 is 18.3 Å². The van der Waals surface area contributed by atoms with E-state index < -0.39 is 18.3 Å². The van der Waals surface area contributed by atoms with Crippen LogP contribution in [0.3, 0.4) is 0 Å². The van der Waals surface area contributed by atoms with Crippen molar-refractivity contribution in [2.24, 2.45) is 5.73 Å². The molecule has 0 heterocycles. The second-order valence-corrected chi connectivity index (χ2v) is 6.28. The fourth-order valence-corrected chi connectivity index (χ4v) is 2.59. The van der Waals surface area contributed by atoms with Gasteiger partial charge in [0.2, 0.25) is 5.91 Å². The fraction of sp³-hybridized carbons (Fsp3) is 0.562. The molecule has 1 fully saturated rings. The third-order valence-corrected chi connectivity index (χ3v) is 3.88. The average molecular weight is 367 g/mol. The molecule has 1 aliphatic carbocycles. The van der Waals surface area contributed by atoms with Crippen molar-refractivity contribution in [2.75, 3.05) is 13.7 Å². The van der Waals surface area contributed by atoms with E-state index in [-0.39, 0.29) is 24.1 Å². The van der Waals surface area contributed by atoms with Crippen LogP contribution in [-0.2, 0) is 11.3 Å². The second-order valence-electron chi connectivity index (χ2n) is 6.28. The highest BCUT2D eigenvalue weighted by atomic mass is 35.5. The van der Waals surface area contributed by atoms with E-state index in [0.717, 1.165) is 5.56 Å². The van der Waals surface area contributed by atoms with E-state index in [9.17, 15) is 18.0 Å². The smallest absolute Gasteiger partial charge is 0.422 e. The number of halogens is 4. The first-order valence-corrected chi connectivity index (χ1v) is 7.36. The van der Waals surface area contributed by atoms with Gasteiger partial charge in [-0.25, -0.2) is 0 Å². The molecule has 0 unspecified atom stereocenters. The topological polar surface area (TPSA) is 55.6 Å². The molecule has 2 rings (SSSR count). The molecule has 4 nitrogen and oxygen atoms in total. The largest absolute Gasteiger partial charge is 0.484 e. The lowest BCUT2D eigenvalue weighted by molar-refractivity contribution is -0.153. The van der Waals surface area contributed by atoms with Crippen LogP contribution in [0.2, 0.25) is 0 Å². The molecular formula is C16H22ClF3N2O2. The summed E-state index contributed by atoms with van der Waals surface area (Å²) in [6.45, 7) is 2.42. The number of benzene rings is 1. The van der Waals surface area contributed by atoms with E-state index in [1.54, 1.807) is 37.9 Å². The molecule has 2 N–H and O–H groups in total. The third-order valence-electron chi connectivity index (χ3n) is 3.88. The first-order chi connectivity index (χ1) is 10.5. The van der Waals surface area contributed by atoms with E-state index >= 15 is 0 Å². The van der Waals surface area contributed by atoms with Gasteiger partial charge in [0.1, 0.15) is 5.75 Å². The van der Waals surface area contributed by atoms with E-state index in [1.165, 1.54) is 0 Å². The summed E-state index contributed by atoms with van der Waals surface area (Å²) in [4.78, 5) is 13.7. The number of alkyl halides is 3. The zero-order valence-electron chi connectivity index (χ0n) is 13.9. The van der Waals surface area contributed by atoms with Gasteiger partial charge in [0.15, 0.2) is 6.61 Å². The van der Waals surface area contributed by atoms with Gasteiger partial charge in [-0.1, -0.05) is 12.1 Å². The minimum absolute atomic E-state index is 0. The molecule has 0 saturated heterocycles. The van der Waals surface area contributed by atoms with Gasteiger partial charge in [-0.05, 0) is 43.4 Å². The number of carbonyl (C=O) groups excluding carboxylic acids is 1. The Kier molecular flexibility index (Phi) is 6.16. The number of likely N-dealkylation sites (N-methyl/N-ethyl adjacent to an activating group) is 1. The lowest BCUT2D eigenvalue weighted by Crippen LogP contribution is -2.43. The SMILES string of the molecule is Cc1cc(CN(C)C(=O)C2(N)CC2)cc(C)c1OCC(F)(F)F.Cl. The number of nitrogens with zero attached hydrogens (tertiary/aromatic N) is 1. The van der Waals surface area contributed by atoms with Crippen LogP contribution < -0.4 is 10.5 Å². The standard InChI is InChI=1S/C16H21F3N2O2.ClH/c1-10-6-12(8-21(3)14(22)15(20)4-5-15)7-11(2)13(10)23-9-16(17,18)19;/h6-7H,4-5,8-9,20H2,1-3H3;1H. The molecule has 0 bridgehead atoms. The Labute approximate surface area is 145 Å². The van der Waals surface area contributed by atoms with Gasteiger partial charge in [0.05, 0.1) is 5.54 Å². The maximum atomic E-state index is 12.3. The number of hydrogen-bond donors (Lipinski definition) is 1. The van der Waals surface area contributed by atoms with Crippen LogP contribution >= 0.6 is 12.4 Å². The summed E-state index contributed by atoms with van der Waals surface area (Å²) in [5, 5.41) is 0. The van der Waals surface area contributed by atoms with Gasteiger partial charge in [-0.15, -0.1) is 12.4 Å². The minimum atomic E-state index is -4.37. The zero-order chi connectivity index (χ0) is 17.4. The molecule has 0 spiro atoms. The molecule has 1 amide bonds. The summed E-state index contributed by atoms with van der Waals surface area (Å²) in [6, 6.07) is 3.47. The molecule has 0 aromatic heterocycles. The molecule has 0 aliphatic heterocycles. The number of nitrogens with two attached hydrogens (primary N) is 1. The van der Waals surface area contributed by atoms with Crippen LogP contribution in [0.4, 0.5) is 13.2 Å². The number of hydrogen-bond acceptors (Lipinski definition) is 3. The summed E-state index contributed by atoms with van der Waals surface area (Å²) < 4.78 is 41.7. The monoisotopic (exact) mass is 366 g/mol. The van der Waals surface area contributed by atoms with E-state index in [2.05, 4.69) is 0 Å². The van der Waals surface area contributed by atoms with E-state index in [0.29, 0.717) is 30.5 Å².